The highest BCUT2D eigenvalue weighted by atomic mass is 35.5. The zero-order valence-corrected chi connectivity index (χ0v) is 14.7. The van der Waals surface area contributed by atoms with E-state index in [4.69, 9.17) is 11.6 Å². The fraction of sp³-hybridized carbons (Fsp3) is 0.375. The van der Waals surface area contributed by atoms with Gasteiger partial charge < -0.3 is 5.32 Å². The second kappa shape index (κ2) is 7.75. The van der Waals surface area contributed by atoms with Gasteiger partial charge in [-0.05, 0) is 36.2 Å². The molecule has 1 aromatic heterocycles. The van der Waals surface area contributed by atoms with E-state index in [0.29, 0.717) is 5.56 Å². The molecule has 1 aromatic carbocycles. The van der Waals surface area contributed by atoms with Crippen LogP contribution in [0.25, 0.3) is 0 Å². The van der Waals surface area contributed by atoms with Crippen LogP contribution in [0.5, 0.6) is 0 Å². The fourth-order valence-corrected chi connectivity index (χ4v) is 3.97. The zero-order chi connectivity index (χ0) is 14.8. The van der Waals surface area contributed by atoms with Gasteiger partial charge in [0.25, 0.3) is 0 Å². The first-order chi connectivity index (χ1) is 10.1. The Morgan fingerprint density at radius 3 is 2.55 bits per heavy atom. The predicted molar refractivity (Wildman–Crippen MR) is 94.0 cm³/mol. The molecule has 2 nitrogen and oxygen atoms in total. The summed E-state index contributed by atoms with van der Waals surface area (Å²) in [6.45, 7) is 5.63. The van der Waals surface area contributed by atoms with E-state index in [2.05, 4.69) is 16.3 Å². The van der Waals surface area contributed by atoms with E-state index in [1.165, 1.54) is 4.88 Å². The Kier molecular flexibility index (Phi) is 6.24. The minimum absolute atomic E-state index is 0. The summed E-state index contributed by atoms with van der Waals surface area (Å²) < 4.78 is 14.7. The molecular weight excluding hydrogens is 342 g/mol. The van der Waals surface area contributed by atoms with Crippen LogP contribution in [-0.2, 0) is 0 Å². The maximum absolute atomic E-state index is 14.0. The van der Waals surface area contributed by atoms with Crippen molar-refractivity contribution in [3.05, 3.63) is 56.5 Å². The summed E-state index contributed by atoms with van der Waals surface area (Å²) in [5.74, 6) is -0.143. The molecule has 0 bridgehead atoms. The minimum atomic E-state index is -0.143. The van der Waals surface area contributed by atoms with Gasteiger partial charge in [-0.2, -0.15) is 0 Å². The van der Waals surface area contributed by atoms with Gasteiger partial charge in [0.2, 0.25) is 0 Å². The Balaban J connectivity index is 0.00000176. The molecule has 2 heterocycles. The maximum atomic E-state index is 14.0. The van der Waals surface area contributed by atoms with Crippen LogP contribution < -0.4 is 5.32 Å². The van der Waals surface area contributed by atoms with Crippen LogP contribution in [0.4, 0.5) is 4.39 Å². The van der Waals surface area contributed by atoms with Crippen LogP contribution in [0.2, 0.25) is 4.34 Å². The summed E-state index contributed by atoms with van der Waals surface area (Å²) in [7, 11) is 0. The standard InChI is InChI=1S/C16H18ClFN2S.ClH/c1-11-2-3-12(10-13(11)18)16(14-4-5-15(17)21-14)20-8-6-19-7-9-20;/h2-5,10,16,19H,6-9H2,1H3;1H/t16-;/m0./s1. The number of piperazine rings is 1. The Bertz CT molecular complexity index is 626. The summed E-state index contributed by atoms with van der Waals surface area (Å²) in [4.78, 5) is 3.56. The SMILES string of the molecule is Cc1ccc([C@@H](c2ccc(Cl)s2)N2CCNCC2)cc1F.Cl. The van der Waals surface area contributed by atoms with Crippen LogP contribution >= 0.6 is 35.3 Å². The molecule has 1 fully saturated rings. The first-order valence-corrected chi connectivity index (χ1v) is 8.30. The van der Waals surface area contributed by atoms with Crippen LogP contribution in [0.1, 0.15) is 22.0 Å². The molecule has 0 spiro atoms. The van der Waals surface area contributed by atoms with Gasteiger partial charge in [0.1, 0.15) is 5.82 Å². The third kappa shape index (κ3) is 3.81. The van der Waals surface area contributed by atoms with Gasteiger partial charge in [-0.1, -0.05) is 23.7 Å². The van der Waals surface area contributed by atoms with Gasteiger partial charge in [-0.25, -0.2) is 4.39 Å². The lowest BCUT2D eigenvalue weighted by Crippen LogP contribution is -2.45. The van der Waals surface area contributed by atoms with Crippen molar-refractivity contribution < 1.29 is 4.39 Å². The van der Waals surface area contributed by atoms with Crippen molar-refractivity contribution in [1.82, 2.24) is 10.2 Å². The Morgan fingerprint density at radius 1 is 1.23 bits per heavy atom. The topological polar surface area (TPSA) is 15.3 Å². The van der Waals surface area contributed by atoms with Crippen molar-refractivity contribution in [3.63, 3.8) is 0 Å². The average molecular weight is 361 g/mol. The Labute approximate surface area is 145 Å². The van der Waals surface area contributed by atoms with Crippen LogP contribution in [0.3, 0.4) is 0 Å². The predicted octanol–water partition coefficient (Wildman–Crippen LogP) is 4.27. The lowest BCUT2D eigenvalue weighted by molar-refractivity contribution is 0.200. The van der Waals surface area contributed by atoms with Gasteiger partial charge in [-0.15, -0.1) is 23.7 Å². The first-order valence-electron chi connectivity index (χ1n) is 7.11. The van der Waals surface area contributed by atoms with Crippen molar-refractivity contribution in [2.45, 2.75) is 13.0 Å². The lowest BCUT2D eigenvalue weighted by Gasteiger charge is -2.34. The molecular formula is C16H19Cl2FN2S. The van der Waals surface area contributed by atoms with E-state index in [1.807, 2.05) is 18.2 Å². The molecule has 1 aliphatic heterocycles. The number of hydrogen-bond acceptors (Lipinski definition) is 3. The van der Waals surface area contributed by atoms with E-state index in [-0.39, 0.29) is 24.3 Å². The smallest absolute Gasteiger partial charge is 0.126 e. The average Bonchev–Trinajstić information content (AvgIpc) is 2.90. The quantitative estimate of drug-likeness (QED) is 0.879. The number of thiophene rings is 1. The molecule has 3 rings (SSSR count). The summed E-state index contributed by atoms with van der Waals surface area (Å²) in [6.07, 6.45) is 0. The number of nitrogens with zero attached hydrogens (tertiary/aromatic N) is 1. The van der Waals surface area contributed by atoms with Crippen molar-refractivity contribution in [2.75, 3.05) is 26.2 Å². The maximum Gasteiger partial charge on any atom is 0.126 e. The van der Waals surface area contributed by atoms with Gasteiger partial charge in [0.05, 0.1) is 10.4 Å². The largest absolute Gasteiger partial charge is 0.314 e. The Hall–Kier alpha value is -0.650. The highest BCUT2D eigenvalue weighted by molar-refractivity contribution is 7.16. The molecule has 1 N–H and O–H groups in total. The second-order valence-corrected chi connectivity index (χ2v) is 7.09. The number of hydrogen-bond donors (Lipinski definition) is 1. The monoisotopic (exact) mass is 360 g/mol. The molecule has 0 saturated carbocycles. The molecule has 1 aliphatic rings. The fourth-order valence-electron chi connectivity index (χ4n) is 2.75. The van der Waals surface area contributed by atoms with Gasteiger partial charge in [0, 0.05) is 31.1 Å². The van der Waals surface area contributed by atoms with E-state index in [9.17, 15) is 4.39 Å². The molecule has 6 heteroatoms. The van der Waals surface area contributed by atoms with Crippen LogP contribution in [0, 0.1) is 12.7 Å². The summed E-state index contributed by atoms with van der Waals surface area (Å²) in [5.41, 5.74) is 1.68. The normalized spacial score (nSPS) is 17.0. The molecule has 120 valence electrons. The number of aryl methyl sites for hydroxylation is 1. The summed E-state index contributed by atoms with van der Waals surface area (Å²) >= 11 is 7.68. The highest BCUT2D eigenvalue weighted by Crippen LogP contribution is 2.35. The summed E-state index contributed by atoms with van der Waals surface area (Å²) in [5, 5.41) is 3.36. The van der Waals surface area contributed by atoms with Crippen molar-refractivity contribution >= 4 is 35.3 Å². The van der Waals surface area contributed by atoms with E-state index in [1.54, 1.807) is 24.3 Å². The van der Waals surface area contributed by atoms with Crippen molar-refractivity contribution in [2.24, 2.45) is 0 Å². The third-order valence-corrected chi connectivity index (χ3v) is 5.18. The molecule has 22 heavy (non-hydrogen) atoms. The third-order valence-electron chi connectivity index (χ3n) is 3.89. The Morgan fingerprint density at radius 2 is 1.95 bits per heavy atom. The van der Waals surface area contributed by atoms with Crippen LogP contribution in [0.15, 0.2) is 30.3 Å². The lowest BCUT2D eigenvalue weighted by atomic mass is 10.0. The minimum Gasteiger partial charge on any atom is -0.314 e. The number of nitrogens with one attached hydrogen (secondary N) is 1. The molecule has 0 radical (unpaired) electrons. The molecule has 1 saturated heterocycles. The number of benzene rings is 1. The molecule has 0 aliphatic carbocycles. The van der Waals surface area contributed by atoms with Gasteiger partial charge >= 0.3 is 0 Å². The number of rotatable bonds is 3. The molecule has 0 unspecified atom stereocenters. The summed E-state index contributed by atoms with van der Waals surface area (Å²) in [6, 6.07) is 9.60. The zero-order valence-electron chi connectivity index (χ0n) is 12.3. The van der Waals surface area contributed by atoms with E-state index < -0.39 is 0 Å². The first kappa shape index (κ1) is 17.7. The second-order valence-electron chi connectivity index (χ2n) is 5.34. The number of halogens is 3. The van der Waals surface area contributed by atoms with E-state index in [0.717, 1.165) is 36.1 Å². The highest BCUT2D eigenvalue weighted by Gasteiger charge is 2.25. The van der Waals surface area contributed by atoms with Gasteiger partial charge in [-0.3, -0.25) is 4.90 Å². The van der Waals surface area contributed by atoms with Crippen LogP contribution in [-0.4, -0.2) is 31.1 Å². The van der Waals surface area contributed by atoms with Gasteiger partial charge in [0.15, 0.2) is 0 Å². The van der Waals surface area contributed by atoms with E-state index >= 15 is 0 Å². The molecule has 0 amide bonds. The van der Waals surface area contributed by atoms with Crippen molar-refractivity contribution in [1.29, 1.82) is 0 Å². The molecule has 2 aromatic rings. The van der Waals surface area contributed by atoms with Crippen molar-refractivity contribution in [3.8, 4) is 0 Å². The molecule has 1 atom stereocenters.